The molecule has 180 valence electrons. The van der Waals surface area contributed by atoms with Crippen LogP contribution in [0, 0.1) is 12.7 Å². The molecule has 7 nitrogen and oxygen atoms in total. The highest BCUT2D eigenvalue weighted by Crippen LogP contribution is 2.21. The van der Waals surface area contributed by atoms with Gasteiger partial charge in [-0.05, 0) is 61.0 Å². The van der Waals surface area contributed by atoms with Gasteiger partial charge in [-0.15, -0.1) is 0 Å². The van der Waals surface area contributed by atoms with Crippen LogP contribution in [0.1, 0.15) is 36.6 Å². The van der Waals surface area contributed by atoms with E-state index in [2.05, 4.69) is 5.32 Å². The van der Waals surface area contributed by atoms with Crippen LogP contribution in [0.5, 0.6) is 5.75 Å². The lowest BCUT2D eigenvalue weighted by atomic mass is 10.1. The van der Waals surface area contributed by atoms with Gasteiger partial charge in [0.25, 0.3) is 17.7 Å². The lowest BCUT2D eigenvalue weighted by Gasteiger charge is -2.35. The van der Waals surface area contributed by atoms with Crippen LogP contribution in [0.15, 0.2) is 66.7 Å². The van der Waals surface area contributed by atoms with Crippen molar-refractivity contribution in [1.82, 2.24) is 9.80 Å². The van der Waals surface area contributed by atoms with Crippen LogP contribution in [-0.4, -0.2) is 60.8 Å². The van der Waals surface area contributed by atoms with Crippen molar-refractivity contribution in [1.29, 1.82) is 0 Å². The standard InChI is InChI=1S/C27H26FN3O4/c1-18-7-8-20(17-24(18)29-25(32)22-5-3-4-6-23(22)28)27(34)31-15-13-30(14-16-31)26(33)19-9-11-21(35-2)12-10-19/h3-12,17H,13-16H2,1-2H3,(H,29,32). The molecular weight excluding hydrogens is 449 g/mol. The zero-order valence-corrected chi connectivity index (χ0v) is 19.6. The molecule has 35 heavy (non-hydrogen) atoms. The fourth-order valence-corrected chi connectivity index (χ4v) is 3.94. The average Bonchev–Trinajstić information content (AvgIpc) is 2.89. The van der Waals surface area contributed by atoms with E-state index in [-0.39, 0.29) is 17.4 Å². The largest absolute Gasteiger partial charge is 0.497 e. The number of benzene rings is 3. The van der Waals surface area contributed by atoms with Gasteiger partial charge in [-0.2, -0.15) is 0 Å². The van der Waals surface area contributed by atoms with Gasteiger partial charge in [0.1, 0.15) is 11.6 Å². The molecule has 0 spiro atoms. The van der Waals surface area contributed by atoms with Gasteiger partial charge in [0, 0.05) is 43.0 Å². The summed E-state index contributed by atoms with van der Waals surface area (Å²) in [5.41, 5.74) is 2.11. The van der Waals surface area contributed by atoms with Crippen molar-refractivity contribution in [2.45, 2.75) is 6.92 Å². The fraction of sp³-hybridized carbons (Fsp3) is 0.222. The van der Waals surface area contributed by atoms with Gasteiger partial charge in [0.2, 0.25) is 0 Å². The number of rotatable bonds is 5. The molecule has 8 heteroatoms. The molecule has 1 aliphatic rings. The van der Waals surface area contributed by atoms with Gasteiger partial charge in [-0.25, -0.2) is 4.39 Å². The number of hydrogen-bond acceptors (Lipinski definition) is 4. The Kier molecular flexibility index (Phi) is 7.10. The number of anilines is 1. The Bertz CT molecular complexity index is 1250. The lowest BCUT2D eigenvalue weighted by Crippen LogP contribution is -2.50. The fourth-order valence-electron chi connectivity index (χ4n) is 3.94. The Morgan fingerprint density at radius 2 is 1.40 bits per heavy atom. The summed E-state index contributed by atoms with van der Waals surface area (Å²) < 4.78 is 19.1. The Morgan fingerprint density at radius 1 is 0.829 bits per heavy atom. The van der Waals surface area contributed by atoms with Gasteiger partial charge in [0.15, 0.2) is 0 Å². The van der Waals surface area contributed by atoms with E-state index in [1.807, 2.05) is 0 Å². The van der Waals surface area contributed by atoms with Crippen molar-refractivity contribution in [3.63, 3.8) is 0 Å². The molecule has 0 bridgehead atoms. The zero-order chi connectivity index (χ0) is 24.9. The summed E-state index contributed by atoms with van der Waals surface area (Å²) in [4.78, 5) is 41.9. The Morgan fingerprint density at radius 3 is 2.00 bits per heavy atom. The van der Waals surface area contributed by atoms with E-state index in [1.165, 1.54) is 18.2 Å². The van der Waals surface area contributed by atoms with E-state index < -0.39 is 11.7 Å². The first-order valence-corrected chi connectivity index (χ1v) is 11.3. The second kappa shape index (κ2) is 10.4. The molecule has 1 heterocycles. The van der Waals surface area contributed by atoms with Crippen LogP contribution >= 0.6 is 0 Å². The number of aryl methyl sites for hydroxylation is 1. The molecular formula is C27H26FN3O4. The van der Waals surface area contributed by atoms with Gasteiger partial charge in [0.05, 0.1) is 12.7 Å². The first-order chi connectivity index (χ1) is 16.9. The molecule has 1 saturated heterocycles. The first kappa shape index (κ1) is 23.9. The van der Waals surface area contributed by atoms with Crippen molar-refractivity contribution in [2.24, 2.45) is 0 Å². The van der Waals surface area contributed by atoms with E-state index in [9.17, 15) is 18.8 Å². The number of hydrogen-bond donors (Lipinski definition) is 1. The first-order valence-electron chi connectivity index (χ1n) is 11.3. The molecule has 0 aliphatic carbocycles. The van der Waals surface area contributed by atoms with Crippen molar-refractivity contribution in [2.75, 3.05) is 38.6 Å². The van der Waals surface area contributed by atoms with Crippen molar-refractivity contribution < 1.29 is 23.5 Å². The number of halogens is 1. The SMILES string of the molecule is COc1ccc(C(=O)N2CCN(C(=O)c3ccc(C)c(NC(=O)c4ccccc4F)c3)CC2)cc1. The van der Waals surface area contributed by atoms with Crippen molar-refractivity contribution in [3.05, 3.63) is 94.8 Å². The second-order valence-electron chi connectivity index (χ2n) is 8.28. The third-order valence-electron chi connectivity index (χ3n) is 6.04. The molecule has 3 amide bonds. The van der Waals surface area contributed by atoms with E-state index >= 15 is 0 Å². The van der Waals surface area contributed by atoms with E-state index in [0.717, 1.165) is 5.56 Å². The van der Waals surface area contributed by atoms with Gasteiger partial charge >= 0.3 is 0 Å². The van der Waals surface area contributed by atoms with Crippen LogP contribution in [0.3, 0.4) is 0 Å². The van der Waals surface area contributed by atoms with E-state index in [4.69, 9.17) is 4.74 Å². The van der Waals surface area contributed by atoms with Crippen LogP contribution in [-0.2, 0) is 0 Å². The van der Waals surface area contributed by atoms with Gasteiger partial charge in [-0.3, -0.25) is 14.4 Å². The molecule has 1 N–H and O–H groups in total. The smallest absolute Gasteiger partial charge is 0.258 e. The van der Waals surface area contributed by atoms with Crippen molar-refractivity contribution >= 4 is 23.4 Å². The molecule has 0 atom stereocenters. The summed E-state index contributed by atoms with van der Waals surface area (Å²) in [5.74, 6) is -0.797. The topological polar surface area (TPSA) is 79.0 Å². The van der Waals surface area contributed by atoms with Gasteiger partial charge in [-0.1, -0.05) is 18.2 Å². The summed E-state index contributed by atoms with van der Waals surface area (Å²) >= 11 is 0. The second-order valence-corrected chi connectivity index (χ2v) is 8.28. The predicted molar refractivity (Wildman–Crippen MR) is 130 cm³/mol. The normalized spacial score (nSPS) is 13.3. The molecule has 3 aromatic rings. The molecule has 0 unspecified atom stereocenters. The van der Waals surface area contributed by atoms with Crippen LogP contribution in [0.4, 0.5) is 10.1 Å². The molecule has 1 aliphatic heterocycles. The summed E-state index contributed by atoms with van der Waals surface area (Å²) in [7, 11) is 1.57. The molecule has 4 rings (SSSR count). The Labute approximate surface area is 203 Å². The molecule has 0 saturated carbocycles. The van der Waals surface area contributed by atoms with E-state index in [0.29, 0.717) is 48.7 Å². The molecule has 0 aromatic heterocycles. The van der Waals surface area contributed by atoms with Gasteiger partial charge < -0.3 is 19.9 Å². The Hall–Kier alpha value is -4.20. The van der Waals surface area contributed by atoms with Crippen molar-refractivity contribution in [3.8, 4) is 5.75 Å². The maximum absolute atomic E-state index is 14.0. The minimum Gasteiger partial charge on any atom is -0.497 e. The monoisotopic (exact) mass is 475 g/mol. The number of nitrogens with zero attached hydrogens (tertiary/aromatic N) is 2. The summed E-state index contributed by atoms with van der Waals surface area (Å²) in [6.07, 6.45) is 0. The molecule has 1 fully saturated rings. The predicted octanol–water partition coefficient (Wildman–Crippen LogP) is 3.99. The lowest BCUT2D eigenvalue weighted by molar-refractivity contribution is 0.0535. The number of piperazine rings is 1. The molecule has 0 radical (unpaired) electrons. The summed E-state index contributed by atoms with van der Waals surface area (Å²) in [6, 6.07) is 17.7. The highest BCUT2D eigenvalue weighted by Gasteiger charge is 2.26. The third kappa shape index (κ3) is 5.32. The minimum atomic E-state index is -0.614. The van der Waals surface area contributed by atoms with E-state index in [1.54, 1.807) is 72.4 Å². The van der Waals surface area contributed by atoms with Crippen LogP contribution in [0.25, 0.3) is 0 Å². The number of ether oxygens (including phenoxy) is 1. The zero-order valence-electron chi connectivity index (χ0n) is 19.6. The maximum atomic E-state index is 14.0. The third-order valence-corrected chi connectivity index (χ3v) is 6.04. The van der Waals surface area contributed by atoms with Crippen LogP contribution < -0.4 is 10.1 Å². The quantitative estimate of drug-likeness (QED) is 0.605. The minimum absolute atomic E-state index is 0.0683. The number of carbonyl (C=O) groups is 3. The number of methoxy groups -OCH3 is 1. The Balaban J connectivity index is 1.40. The van der Waals surface area contributed by atoms with Crippen LogP contribution in [0.2, 0.25) is 0 Å². The highest BCUT2D eigenvalue weighted by molar-refractivity contribution is 6.05. The summed E-state index contributed by atoms with van der Waals surface area (Å²) in [6.45, 7) is 3.42. The maximum Gasteiger partial charge on any atom is 0.258 e. The number of amides is 3. The summed E-state index contributed by atoms with van der Waals surface area (Å²) in [5, 5.41) is 2.70. The average molecular weight is 476 g/mol. The number of nitrogens with one attached hydrogen (secondary N) is 1. The highest BCUT2D eigenvalue weighted by atomic mass is 19.1. The molecule has 3 aromatic carbocycles. The number of carbonyl (C=O) groups excluding carboxylic acids is 3.